The summed E-state index contributed by atoms with van der Waals surface area (Å²) < 4.78 is 2.08. The maximum absolute atomic E-state index is 5.47. The Balaban J connectivity index is 2.38. The molecule has 1 aliphatic heterocycles. The van der Waals surface area contributed by atoms with E-state index in [1.807, 2.05) is 0 Å². The molecular weight excluding hydrogens is 142 g/mol. The molecule has 11 heavy (non-hydrogen) atoms. The second kappa shape index (κ2) is 2.60. The molecule has 0 radical (unpaired) electrons. The number of nitrogens with zero attached hydrogens (tertiary/aromatic N) is 3. The molecule has 0 aromatic carbocycles. The highest BCUT2D eigenvalue weighted by molar-refractivity contribution is 4.97. The van der Waals surface area contributed by atoms with E-state index in [4.69, 9.17) is 5.73 Å². The van der Waals surface area contributed by atoms with Crippen molar-refractivity contribution < 1.29 is 0 Å². The van der Waals surface area contributed by atoms with Crippen LogP contribution in [0.5, 0.6) is 0 Å². The number of hydrogen-bond donors (Lipinski definition) is 2. The number of nitrogens with one attached hydrogen (secondary N) is 1. The van der Waals surface area contributed by atoms with Gasteiger partial charge in [0.25, 0.3) is 0 Å². The van der Waals surface area contributed by atoms with Gasteiger partial charge in [0.2, 0.25) is 0 Å². The fraction of sp³-hybridized carbons (Fsp3) is 0.667. The average Bonchev–Trinajstić information content (AvgIpc) is 2.47. The van der Waals surface area contributed by atoms with E-state index in [-0.39, 0.29) is 0 Å². The van der Waals surface area contributed by atoms with Crippen LogP contribution in [0, 0.1) is 0 Å². The molecule has 0 fully saturated rings. The minimum absolute atomic E-state index is 0.479. The van der Waals surface area contributed by atoms with Gasteiger partial charge < -0.3 is 15.6 Å². The van der Waals surface area contributed by atoms with Crippen LogP contribution in [-0.2, 0) is 19.6 Å². The zero-order chi connectivity index (χ0) is 7.68. The monoisotopic (exact) mass is 153 g/mol. The first-order valence-electron chi connectivity index (χ1n) is 3.73. The molecule has 2 rings (SSSR count). The summed E-state index contributed by atoms with van der Waals surface area (Å²) in [6, 6.07) is 0. The first-order chi connectivity index (χ1) is 5.42. The van der Waals surface area contributed by atoms with Crippen molar-refractivity contribution >= 4 is 0 Å². The van der Waals surface area contributed by atoms with E-state index in [2.05, 4.69) is 20.1 Å². The maximum atomic E-state index is 5.47. The lowest BCUT2D eigenvalue weighted by Gasteiger charge is -2.15. The summed E-state index contributed by atoms with van der Waals surface area (Å²) in [7, 11) is 0. The minimum Gasteiger partial charge on any atom is -0.324 e. The average molecular weight is 153 g/mol. The van der Waals surface area contributed by atoms with E-state index >= 15 is 0 Å². The topological polar surface area (TPSA) is 68.8 Å². The van der Waals surface area contributed by atoms with Crippen molar-refractivity contribution in [1.82, 2.24) is 20.1 Å². The maximum Gasteiger partial charge on any atom is 0.147 e. The van der Waals surface area contributed by atoms with Crippen molar-refractivity contribution in [2.75, 3.05) is 6.54 Å². The van der Waals surface area contributed by atoms with Crippen LogP contribution < -0.4 is 11.1 Å². The highest BCUT2D eigenvalue weighted by Gasteiger charge is 2.13. The van der Waals surface area contributed by atoms with Gasteiger partial charge in [0.15, 0.2) is 0 Å². The highest BCUT2D eigenvalue weighted by atomic mass is 15.3. The molecule has 0 saturated heterocycles. The third-order valence-corrected chi connectivity index (χ3v) is 1.88. The summed E-state index contributed by atoms with van der Waals surface area (Å²) in [6.45, 7) is 3.22. The molecule has 5 nitrogen and oxygen atoms in total. The van der Waals surface area contributed by atoms with Crippen molar-refractivity contribution in [3.63, 3.8) is 0 Å². The largest absolute Gasteiger partial charge is 0.324 e. The molecular formula is C6H11N5. The van der Waals surface area contributed by atoms with Crippen LogP contribution in [-0.4, -0.2) is 21.3 Å². The number of fused-ring (bicyclic) bond motifs is 1. The number of nitrogens with two attached hydrogens (primary N) is 1. The number of aromatic nitrogens is 3. The first kappa shape index (κ1) is 6.75. The van der Waals surface area contributed by atoms with Gasteiger partial charge in [-0.25, -0.2) is 0 Å². The molecule has 3 N–H and O–H groups in total. The Kier molecular flexibility index (Phi) is 1.59. The van der Waals surface area contributed by atoms with E-state index in [0.717, 1.165) is 31.3 Å². The molecule has 1 aliphatic rings. The van der Waals surface area contributed by atoms with Gasteiger partial charge in [-0.15, -0.1) is 10.2 Å². The van der Waals surface area contributed by atoms with Crippen LogP contribution in [0.3, 0.4) is 0 Å². The summed E-state index contributed by atoms with van der Waals surface area (Å²) in [6.07, 6.45) is 0. The molecule has 0 unspecified atom stereocenters. The normalized spacial score (nSPS) is 16.5. The van der Waals surface area contributed by atoms with E-state index in [1.54, 1.807) is 0 Å². The predicted octanol–water partition coefficient (Wildman–Crippen LogP) is -1.16. The van der Waals surface area contributed by atoms with Crippen LogP contribution in [0.4, 0.5) is 0 Å². The molecule has 0 bridgehead atoms. The Bertz CT molecular complexity index is 240. The summed E-state index contributed by atoms with van der Waals surface area (Å²) in [5.41, 5.74) is 5.47. The fourth-order valence-corrected chi connectivity index (χ4v) is 1.30. The lowest BCUT2D eigenvalue weighted by molar-refractivity contribution is 0.493. The summed E-state index contributed by atoms with van der Waals surface area (Å²) >= 11 is 0. The van der Waals surface area contributed by atoms with E-state index in [0.29, 0.717) is 6.54 Å². The molecule has 1 aromatic rings. The molecule has 60 valence electrons. The van der Waals surface area contributed by atoms with Gasteiger partial charge in [0.1, 0.15) is 11.6 Å². The van der Waals surface area contributed by atoms with E-state index in [9.17, 15) is 0 Å². The van der Waals surface area contributed by atoms with Crippen molar-refractivity contribution in [3.8, 4) is 0 Å². The van der Waals surface area contributed by atoms with Crippen LogP contribution in [0.25, 0.3) is 0 Å². The van der Waals surface area contributed by atoms with Crippen molar-refractivity contribution in [1.29, 1.82) is 0 Å². The lowest BCUT2D eigenvalue weighted by Crippen LogP contribution is -2.29. The lowest BCUT2D eigenvalue weighted by atomic mass is 10.4. The van der Waals surface area contributed by atoms with Crippen LogP contribution in [0.2, 0.25) is 0 Å². The van der Waals surface area contributed by atoms with Crippen LogP contribution in [0.15, 0.2) is 0 Å². The Hall–Kier alpha value is -0.940. The Morgan fingerprint density at radius 1 is 1.55 bits per heavy atom. The third kappa shape index (κ3) is 1.02. The number of hydrogen-bond acceptors (Lipinski definition) is 4. The molecule has 0 saturated carbocycles. The quantitative estimate of drug-likeness (QED) is 0.534. The zero-order valence-electron chi connectivity index (χ0n) is 6.25. The molecule has 1 aromatic heterocycles. The van der Waals surface area contributed by atoms with Gasteiger partial charge in [-0.2, -0.15) is 0 Å². The predicted molar refractivity (Wildman–Crippen MR) is 39.6 cm³/mol. The van der Waals surface area contributed by atoms with E-state index in [1.165, 1.54) is 0 Å². The summed E-state index contributed by atoms with van der Waals surface area (Å²) in [5, 5.41) is 11.2. The third-order valence-electron chi connectivity index (χ3n) is 1.88. The van der Waals surface area contributed by atoms with Gasteiger partial charge in [-0.3, -0.25) is 0 Å². The molecule has 0 amide bonds. The van der Waals surface area contributed by atoms with Crippen molar-refractivity contribution in [3.05, 3.63) is 11.6 Å². The molecule has 0 spiro atoms. The number of rotatable bonds is 1. The standard InChI is InChI=1S/C6H11N5/c7-3-5-9-10-6-4-8-1-2-11(5)6/h8H,1-4,7H2. The van der Waals surface area contributed by atoms with Gasteiger partial charge in [-0.05, 0) is 0 Å². The van der Waals surface area contributed by atoms with Crippen molar-refractivity contribution in [2.24, 2.45) is 5.73 Å². The van der Waals surface area contributed by atoms with Crippen molar-refractivity contribution in [2.45, 2.75) is 19.6 Å². The fourth-order valence-electron chi connectivity index (χ4n) is 1.30. The smallest absolute Gasteiger partial charge is 0.147 e. The minimum atomic E-state index is 0.479. The Morgan fingerprint density at radius 3 is 3.27 bits per heavy atom. The molecule has 0 aliphatic carbocycles. The molecule has 2 heterocycles. The summed E-state index contributed by atoms with van der Waals surface area (Å²) in [4.78, 5) is 0. The highest BCUT2D eigenvalue weighted by Crippen LogP contribution is 2.04. The van der Waals surface area contributed by atoms with E-state index < -0.39 is 0 Å². The zero-order valence-corrected chi connectivity index (χ0v) is 6.25. The van der Waals surface area contributed by atoms with Gasteiger partial charge in [0.05, 0.1) is 13.1 Å². The van der Waals surface area contributed by atoms with Crippen LogP contribution in [0.1, 0.15) is 11.6 Å². The van der Waals surface area contributed by atoms with Crippen LogP contribution >= 0.6 is 0 Å². The SMILES string of the molecule is NCc1nnc2n1CCNC2. The van der Waals surface area contributed by atoms with Gasteiger partial charge in [0, 0.05) is 13.1 Å². The second-order valence-electron chi connectivity index (χ2n) is 2.56. The summed E-state index contributed by atoms with van der Waals surface area (Å²) in [5.74, 6) is 1.89. The second-order valence-corrected chi connectivity index (χ2v) is 2.56. The van der Waals surface area contributed by atoms with Gasteiger partial charge >= 0.3 is 0 Å². The molecule has 5 heteroatoms. The Morgan fingerprint density at radius 2 is 2.45 bits per heavy atom. The Labute approximate surface area is 64.6 Å². The van der Waals surface area contributed by atoms with Gasteiger partial charge in [-0.1, -0.05) is 0 Å². The first-order valence-corrected chi connectivity index (χ1v) is 3.73. The molecule has 0 atom stereocenters.